The van der Waals surface area contributed by atoms with Gasteiger partial charge in [0.1, 0.15) is 7.11 Å². The van der Waals surface area contributed by atoms with E-state index in [0.29, 0.717) is 5.56 Å². The zero-order chi connectivity index (χ0) is 26.2. The Labute approximate surface area is 206 Å². The lowest BCUT2D eigenvalue weighted by molar-refractivity contribution is 0.0678. The fourth-order valence-corrected chi connectivity index (χ4v) is 4.36. The summed E-state index contributed by atoms with van der Waals surface area (Å²) < 4.78 is 0. The standard InChI is InChI=1S/C27H25NO8/c1-36-28-15-22(18-10-4-6-12-20(18)26(32)33)24(19-11-5-7-13-21(19)27(34)35)23(29)14-16-8-2-3-9-17(16)25(30)31/h2-13,15,22-24,29H,14H2,1H3,(H,30,31)(H,32,33)(H,34,35)/t22-,23+,24+/m1/s1. The van der Waals surface area contributed by atoms with Crippen LogP contribution >= 0.6 is 0 Å². The van der Waals surface area contributed by atoms with Crippen molar-refractivity contribution in [3.05, 3.63) is 106 Å². The molecule has 0 aliphatic rings. The van der Waals surface area contributed by atoms with Gasteiger partial charge in [-0.15, -0.1) is 0 Å². The van der Waals surface area contributed by atoms with E-state index in [1.54, 1.807) is 48.5 Å². The number of carbonyl (C=O) groups is 3. The first-order valence-electron chi connectivity index (χ1n) is 11.0. The quantitative estimate of drug-likeness (QED) is 0.233. The summed E-state index contributed by atoms with van der Waals surface area (Å²) in [5.74, 6) is -5.59. The lowest BCUT2D eigenvalue weighted by Gasteiger charge is -2.31. The maximum atomic E-state index is 12.1. The Bertz CT molecular complexity index is 1290. The molecule has 0 spiro atoms. The minimum absolute atomic E-state index is 0.00476. The van der Waals surface area contributed by atoms with Crippen LogP contribution in [-0.2, 0) is 11.3 Å². The monoisotopic (exact) mass is 491 g/mol. The third-order valence-corrected chi connectivity index (χ3v) is 5.91. The Balaban J connectivity index is 2.25. The maximum absolute atomic E-state index is 12.1. The molecule has 186 valence electrons. The average Bonchev–Trinajstić information content (AvgIpc) is 2.86. The Kier molecular flexibility index (Phi) is 8.53. The predicted octanol–water partition coefficient (Wildman–Crippen LogP) is 3.88. The van der Waals surface area contributed by atoms with Gasteiger partial charge in [-0.1, -0.05) is 59.8 Å². The van der Waals surface area contributed by atoms with Crippen molar-refractivity contribution >= 4 is 24.1 Å². The summed E-state index contributed by atoms with van der Waals surface area (Å²) in [6.45, 7) is 0. The fourth-order valence-electron chi connectivity index (χ4n) is 4.36. The van der Waals surface area contributed by atoms with Gasteiger partial charge in [-0.25, -0.2) is 14.4 Å². The minimum atomic E-state index is -1.33. The number of oxime groups is 1. The predicted molar refractivity (Wildman–Crippen MR) is 131 cm³/mol. The van der Waals surface area contributed by atoms with Crippen molar-refractivity contribution < 1.29 is 39.6 Å². The number of rotatable bonds is 11. The Hall–Kier alpha value is -4.50. The summed E-state index contributed by atoms with van der Waals surface area (Å²) in [6, 6.07) is 18.4. The molecule has 0 heterocycles. The van der Waals surface area contributed by atoms with Crippen molar-refractivity contribution in [1.82, 2.24) is 0 Å². The minimum Gasteiger partial charge on any atom is -0.478 e. The van der Waals surface area contributed by atoms with Crippen LogP contribution in [0.15, 0.2) is 78.0 Å². The lowest BCUT2D eigenvalue weighted by Crippen LogP contribution is -2.30. The fraction of sp³-hybridized carbons (Fsp3) is 0.185. The largest absolute Gasteiger partial charge is 0.478 e. The van der Waals surface area contributed by atoms with Crippen molar-refractivity contribution in [2.24, 2.45) is 5.16 Å². The SMILES string of the molecule is CON=C[C@H](c1ccccc1C(=O)O)[C@H](c1ccccc1C(=O)O)[C@@H](O)Cc1ccccc1C(=O)O. The molecule has 0 aliphatic heterocycles. The van der Waals surface area contributed by atoms with Gasteiger partial charge in [0.25, 0.3) is 0 Å². The highest BCUT2D eigenvalue weighted by Gasteiger charge is 2.35. The van der Waals surface area contributed by atoms with E-state index < -0.39 is 35.8 Å². The number of carboxylic acid groups (broad SMARTS) is 3. The van der Waals surface area contributed by atoms with E-state index in [1.807, 2.05) is 0 Å². The maximum Gasteiger partial charge on any atom is 0.335 e. The first-order valence-corrected chi connectivity index (χ1v) is 11.0. The molecule has 0 aliphatic carbocycles. The van der Waals surface area contributed by atoms with Crippen molar-refractivity contribution in [3.63, 3.8) is 0 Å². The molecular weight excluding hydrogens is 466 g/mol. The molecule has 4 N–H and O–H groups in total. The van der Waals surface area contributed by atoms with E-state index in [2.05, 4.69) is 5.16 Å². The molecule has 0 bridgehead atoms. The van der Waals surface area contributed by atoms with Crippen LogP contribution in [0.1, 0.15) is 59.6 Å². The van der Waals surface area contributed by atoms with Crippen molar-refractivity contribution in [1.29, 1.82) is 0 Å². The van der Waals surface area contributed by atoms with Gasteiger partial charge in [-0.2, -0.15) is 0 Å². The third-order valence-electron chi connectivity index (χ3n) is 5.91. The van der Waals surface area contributed by atoms with Crippen LogP contribution in [0.5, 0.6) is 0 Å². The Morgan fingerprint density at radius 3 is 1.81 bits per heavy atom. The highest BCUT2D eigenvalue weighted by molar-refractivity contribution is 5.93. The van der Waals surface area contributed by atoms with Gasteiger partial charge in [0.2, 0.25) is 0 Å². The summed E-state index contributed by atoms with van der Waals surface area (Å²) >= 11 is 0. The Morgan fingerprint density at radius 2 is 1.25 bits per heavy atom. The van der Waals surface area contributed by atoms with E-state index in [9.17, 15) is 34.8 Å². The van der Waals surface area contributed by atoms with Gasteiger partial charge in [0.05, 0.1) is 29.0 Å². The zero-order valence-corrected chi connectivity index (χ0v) is 19.3. The van der Waals surface area contributed by atoms with E-state index in [0.717, 1.165) is 0 Å². The highest BCUT2D eigenvalue weighted by atomic mass is 16.6. The normalized spacial score (nSPS) is 13.6. The van der Waals surface area contributed by atoms with Gasteiger partial charge < -0.3 is 25.3 Å². The van der Waals surface area contributed by atoms with Crippen LogP contribution in [-0.4, -0.2) is 57.8 Å². The highest BCUT2D eigenvalue weighted by Crippen LogP contribution is 2.39. The molecule has 3 aromatic carbocycles. The van der Waals surface area contributed by atoms with Gasteiger partial charge in [0, 0.05) is 11.8 Å². The zero-order valence-electron chi connectivity index (χ0n) is 19.3. The first kappa shape index (κ1) is 26.1. The van der Waals surface area contributed by atoms with Crippen LogP contribution in [0.2, 0.25) is 0 Å². The number of aromatic carboxylic acids is 3. The second-order valence-corrected chi connectivity index (χ2v) is 8.01. The molecule has 36 heavy (non-hydrogen) atoms. The van der Waals surface area contributed by atoms with Gasteiger partial charge in [-0.05, 0) is 41.3 Å². The summed E-state index contributed by atoms with van der Waals surface area (Å²) in [5, 5.41) is 44.6. The van der Waals surface area contributed by atoms with E-state index in [1.165, 1.54) is 37.6 Å². The molecule has 3 rings (SSSR count). The summed E-state index contributed by atoms with van der Waals surface area (Å²) in [4.78, 5) is 40.7. The number of nitrogens with zero attached hydrogens (tertiary/aromatic N) is 1. The molecule has 0 amide bonds. The topological polar surface area (TPSA) is 154 Å². The van der Waals surface area contributed by atoms with Crippen LogP contribution < -0.4 is 0 Å². The third kappa shape index (κ3) is 5.76. The Morgan fingerprint density at radius 1 is 0.778 bits per heavy atom. The molecule has 3 aromatic rings. The summed E-state index contributed by atoms with van der Waals surface area (Å²) in [6.07, 6.45) is -0.161. The molecule has 3 atom stereocenters. The molecule has 0 fully saturated rings. The van der Waals surface area contributed by atoms with E-state index in [-0.39, 0.29) is 34.2 Å². The van der Waals surface area contributed by atoms with Crippen LogP contribution in [0, 0.1) is 0 Å². The molecule has 9 nitrogen and oxygen atoms in total. The number of carboxylic acids is 3. The smallest absolute Gasteiger partial charge is 0.335 e. The van der Waals surface area contributed by atoms with Gasteiger partial charge in [-0.3, -0.25) is 0 Å². The second-order valence-electron chi connectivity index (χ2n) is 8.01. The summed E-state index contributed by atoms with van der Waals surface area (Å²) in [7, 11) is 1.30. The molecule has 9 heteroatoms. The number of aliphatic hydroxyl groups is 1. The van der Waals surface area contributed by atoms with E-state index >= 15 is 0 Å². The van der Waals surface area contributed by atoms with Gasteiger partial charge in [0.15, 0.2) is 0 Å². The molecule has 0 aromatic heterocycles. The van der Waals surface area contributed by atoms with Crippen LogP contribution in [0.4, 0.5) is 0 Å². The number of hydrogen-bond acceptors (Lipinski definition) is 6. The molecular formula is C27H25NO8. The number of aliphatic hydroxyl groups excluding tert-OH is 1. The summed E-state index contributed by atoms with van der Waals surface area (Å²) in [5.41, 5.74) is 0.705. The average molecular weight is 491 g/mol. The van der Waals surface area contributed by atoms with Crippen molar-refractivity contribution in [2.45, 2.75) is 24.4 Å². The van der Waals surface area contributed by atoms with Crippen LogP contribution in [0.3, 0.4) is 0 Å². The van der Waals surface area contributed by atoms with Crippen LogP contribution in [0.25, 0.3) is 0 Å². The van der Waals surface area contributed by atoms with Crippen molar-refractivity contribution in [3.8, 4) is 0 Å². The van der Waals surface area contributed by atoms with Gasteiger partial charge >= 0.3 is 17.9 Å². The van der Waals surface area contributed by atoms with Crippen molar-refractivity contribution in [2.75, 3.05) is 7.11 Å². The molecule has 0 radical (unpaired) electrons. The molecule has 0 saturated heterocycles. The number of benzene rings is 3. The lowest BCUT2D eigenvalue weighted by atomic mass is 9.74. The molecule has 0 saturated carbocycles. The number of hydrogen-bond donors (Lipinski definition) is 4. The van der Waals surface area contributed by atoms with E-state index in [4.69, 9.17) is 4.84 Å². The molecule has 0 unspecified atom stereocenters. The first-order chi connectivity index (χ1) is 17.3. The second kappa shape index (κ2) is 11.8.